The highest BCUT2D eigenvalue weighted by molar-refractivity contribution is 6.25. The average molecular weight is 692 g/mol. The van der Waals surface area contributed by atoms with E-state index in [-0.39, 0.29) is 13.2 Å². The van der Waals surface area contributed by atoms with E-state index in [9.17, 15) is 22.4 Å². The normalized spacial score (nSPS) is 25.0. The number of hydrogen-bond acceptors (Lipinski definition) is 6. The van der Waals surface area contributed by atoms with Crippen molar-refractivity contribution in [2.45, 2.75) is 87.6 Å². The van der Waals surface area contributed by atoms with E-state index < -0.39 is 40.1 Å². The maximum atomic E-state index is 14.6. The largest absolute Gasteiger partial charge is 0.462 e. The fourth-order valence-electron chi connectivity index (χ4n) is 7.29. The van der Waals surface area contributed by atoms with Crippen molar-refractivity contribution in [1.29, 1.82) is 0 Å². The molecule has 2 atom stereocenters. The molecule has 0 spiro atoms. The summed E-state index contributed by atoms with van der Waals surface area (Å²) >= 11 is 7.43. The van der Waals surface area contributed by atoms with Crippen LogP contribution >= 0.6 is 11.6 Å². The Bertz CT molecular complexity index is 1480. The summed E-state index contributed by atoms with van der Waals surface area (Å²) in [6, 6.07) is 9.33. The first-order chi connectivity index (χ1) is 23.0. The van der Waals surface area contributed by atoms with Gasteiger partial charge in [0.05, 0.1) is 18.8 Å². The van der Waals surface area contributed by atoms with Gasteiger partial charge in [0, 0.05) is 63.5 Å². The number of piperidine rings is 1. The smallest absolute Gasteiger partial charge is 0.433 e. The Morgan fingerprint density at radius 1 is 1.06 bits per heavy atom. The third kappa shape index (κ3) is 7.94. The van der Waals surface area contributed by atoms with Crippen LogP contribution in [0.15, 0.2) is 54.4 Å². The van der Waals surface area contributed by atoms with Gasteiger partial charge in [-0.05, 0) is 43.7 Å². The van der Waals surface area contributed by atoms with E-state index >= 15 is 0 Å². The number of esters is 1. The lowest BCUT2D eigenvalue weighted by molar-refractivity contribution is -0.146. The number of rotatable bonds is 12. The molecule has 1 aromatic carbocycles. The number of carbonyl (C=O) groups is 1. The van der Waals surface area contributed by atoms with Crippen LogP contribution in [0.2, 0.25) is 0 Å². The molecule has 0 N–H and O–H groups in total. The van der Waals surface area contributed by atoms with Gasteiger partial charge in [-0.2, -0.15) is 18.3 Å². The molecular weight excluding hydrogens is 646 g/mol. The summed E-state index contributed by atoms with van der Waals surface area (Å²) < 4.78 is 64.4. The van der Waals surface area contributed by atoms with Crippen LogP contribution in [0, 0.1) is 0 Å². The molecule has 1 saturated carbocycles. The van der Waals surface area contributed by atoms with Crippen LogP contribution in [0.3, 0.4) is 0 Å². The van der Waals surface area contributed by atoms with E-state index in [4.69, 9.17) is 16.3 Å². The molecule has 2 aliphatic heterocycles. The molecule has 0 amide bonds. The number of carbonyl (C=O) groups excluding carboxylic acids is 1. The van der Waals surface area contributed by atoms with E-state index in [1.165, 1.54) is 0 Å². The molecule has 4 aliphatic rings. The Morgan fingerprint density at radius 2 is 1.81 bits per heavy atom. The van der Waals surface area contributed by atoms with Crippen molar-refractivity contribution in [3.05, 3.63) is 71.2 Å². The predicted octanol–water partition coefficient (Wildman–Crippen LogP) is 7.70. The maximum absolute atomic E-state index is 14.6. The Labute approximate surface area is 285 Å². The second-order valence-electron chi connectivity index (χ2n) is 13.8. The van der Waals surface area contributed by atoms with Gasteiger partial charge in [0.15, 0.2) is 5.69 Å². The number of likely N-dealkylation sites (tertiary alicyclic amines) is 1. The second kappa shape index (κ2) is 14.5. The summed E-state index contributed by atoms with van der Waals surface area (Å²) in [5.41, 5.74) is 0.333. The number of benzene rings is 1. The van der Waals surface area contributed by atoms with Crippen molar-refractivity contribution in [2.24, 2.45) is 0 Å². The van der Waals surface area contributed by atoms with E-state index in [1.807, 2.05) is 42.5 Å². The molecule has 0 radical (unpaired) electrons. The van der Waals surface area contributed by atoms with Crippen LogP contribution in [0.5, 0.6) is 0 Å². The molecule has 7 nitrogen and oxygen atoms in total. The zero-order chi connectivity index (χ0) is 33.9. The number of allylic oxidation sites excluding steroid dienone is 2. The Hall–Kier alpha value is -2.89. The molecule has 2 aliphatic carbocycles. The summed E-state index contributed by atoms with van der Waals surface area (Å²) in [6.45, 7) is 6.39. The number of hydrogen-bond donors (Lipinski definition) is 0. The SMILES string of the molecule is CCCCCCOC(=O)c1cnn(C2CCCN(C3=C(c4ccccc4)C=CC(Cl)(N4CCN(CC5(F)CC5)CC4)C3)C2)c1C(F)(F)F. The van der Waals surface area contributed by atoms with Crippen molar-refractivity contribution in [3.63, 3.8) is 0 Å². The molecule has 12 heteroatoms. The lowest BCUT2D eigenvalue weighted by Gasteiger charge is -2.47. The van der Waals surface area contributed by atoms with Crippen LogP contribution in [0.4, 0.5) is 17.6 Å². The summed E-state index contributed by atoms with van der Waals surface area (Å²) in [5.74, 6) is -0.991. The van der Waals surface area contributed by atoms with Crippen molar-refractivity contribution < 1.29 is 27.1 Å². The molecule has 2 unspecified atom stereocenters. The van der Waals surface area contributed by atoms with Crippen LogP contribution < -0.4 is 0 Å². The van der Waals surface area contributed by atoms with E-state index in [2.05, 4.69) is 26.7 Å². The molecule has 6 rings (SSSR count). The van der Waals surface area contributed by atoms with Crippen LogP contribution in [0.1, 0.15) is 92.4 Å². The minimum absolute atomic E-state index is 0.0777. The fourth-order valence-corrected chi connectivity index (χ4v) is 7.65. The first-order valence-corrected chi connectivity index (χ1v) is 17.8. The standard InChI is InChI=1S/C36H46ClF4N5O2/c1-2-3-4-8-22-48-33(47)30-24-42-46(32(30)36(39,40)41)28-12-9-17-44(25-28)31-23-35(37,14-13-29(31)27-10-6-5-7-11-27)45-20-18-43(19-21-45)26-34(38)15-16-34/h5-7,10-11,13-14,24,28H,2-4,8-9,12,15-23,25-26H2,1H3. The van der Waals surface area contributed by atoms with Gasteiger partial charge in [0.2, 0.25) is 0 Å². The Kier molecular flexibility index (Phi) is 10.6. The molecule has 262 valence electrons. The number of halogens is 5. The second-order valence-corrected chi connectivity index (χ2v) is 14.4. The predicted molar refractivity (Wildman–Crippen MR) is 178 cm³/mol. The van der Waals surface area contributed by atoms with Crippen molar-refractivity contribution in [1.82, 2.24) is 24.5 Å². The summed E-state index contributed by atoms with van der Waals surface area (Å²) in [6.07, 6.45) is 6.60. The number of nitrogens with zero attached hydrogens (tertiary/aromatic N) is 5. The van der Waals surface area contributed by atoms with Gasteiger partial charge in [0.1, 0.15) is 16.2 Å². The minimum atomic E-state index is -4.79. The zero-order valence-corrected chi connectivity index (χ0v) is 28.4. The number of aromatic nitrogens is 2. The van der Waals surface area contributed by atoms with Gasteiger partial charge in [-0.3, -0.25) is 14.5 Å². The topological polar surface area (TPSA) is 53.8 Å². The highest BCUT2D eigenvalue weighted by Gasteiger charge is 2.47. The molecule has 48 heavy (non-hydrogen) atoms. The third-order valence-corrected chi connectivity index (χ3v) is 10.7. The lowest BCUT2D eigenvalue weighted by atomic mass is 9.90. The van der Waals surface area contributed by atoms with E-state index in [0.717, 1.165) is 60.1 Å². The number of unbranched alkanes of at least 4 members (excludes halogenated alkanes) is 3. The van der Waals surface area contributed by atoms with E-state index in [0.29, 0.717) is 64.7 Å². The van der Waals surface area contributed by atoms with Crippen LogP contribution in [-0.2, 0) is 10.9 Å². The first kappa shape index (κ1) is 35.0. The molecule has 0 bridgehead atoms. The van der Waals surface area contributed by atoms with Crippen molar-refractivity contribution in [2.75, 3.05) is 52.4 Å². The molecule has 3 fully saturated rings. The fraction of sp³-hybridized carbons (Fsp3) is 0.611. The third-order valence-electron chi connectivity index (χ3n) is 10.2. The van der Waals surface area contributed by atoms with Crippen LogP contribution in [0.25, 0.3) is 5.57 Å². The molecule has 2 saturated heterocycles. The van der Waals surface area contributed by atoms with Gasteiger partial charge in [-0.1, -0.05) is 74.2 Å². The zero-order valence-electron chi connectivity index (χ0n) is 27.7. The average Bonchev–Trinajstić information content (AvgIpc) is 3.61. The van der Waals surface area contributed by atoms with Gasteiger partial charge in [-0.25, -0.2) is 9.18 Å². The highest BCUT2D eigenvalue weighted by Crippen LogP contribution is 2.44. The quantitative estimate of drug-likeness (QED) is 0.0748. The molecule has 3 heterocycles. The Morgan fingerprint density at radius 3 is 2.50 bits per heavy atom. The van der Waals surface area contributed by atoms with Crippen molar-refractivity contribution >= 4 is 23.1 Å². The van der Waals surface area contributed by atoms with Gasteiger partial charge in [-0.15, -0.1) is 0 Å². The van der Waals surface area contributed by atoms with Crippen molar-refractivity contribution in [3.8, 4) is 0 Å². The number of ether oxygens (including phenoxy) is 1. The Balaban J connectivity index is 1.22. The van der Waals surface area contributed by atoms with Gasteiger partial charge >= 0.3 is 12.1 Å². The first-order valence-electron chi connectivity index (χ1n) is 17.4. The van der Waals surface area contributed by atoms with Crippen LogP contribution in [-0.4, -0.2) is 93.5 Å². The minimum Gasteiger partial charge on any atom is -0.462 e. The molecule has 1 aromatic heterocycles. The highest BCUT2D eigenvalue weighted by atomic mass is 35.5. The maximum Gasteiger partial charge on any atom is 0.433 e. The molecular formula is C36H46ClF4N5O2. The summed E-state index contributed by atoms with van der Waals surface area (Å²) in [7, 11) is 0. The van der Waals surface area contributed by atoms with E-state index in [1.54, 1.807) is 0 Å². The van der Waals surface area contributed by atoms with Gasteiger partial charge in [0.25, 0.3) is 0 Å². The monoisotopic (exact) mass is 691 g/mol. The lowest BCUT2D eigenvalue weighted by Crippen LogP contribution is -2.56. The number of piperazine rings is 1. The number of alkyl halides is 5. The summed E-state index contributed by atoms with van der Waals surface area (Å²) in [4.78, 5) is 18.6. The summed E-state index contributed by atoms with van der Waals surface area (Å²) in [5, 5.41) is 4.15. The molecule has 2 aromatic rings. The van der Waals surface area contributed by atoms with Gasteiger partial charge < -0.3 is 9.64 Å².